The third kappa shape index (κ3) is 3.21. The van der Waals surface area contributed by atoms with Crippen molar-refractivity contribution < 1.29 is 9.84 Å². The molecule has 0 saturated carbocycles. The largest absolute Gasteiger partial charge is 0.496 e. The van der Waals surface area contributed by atoms with E-state index in [1.807, 2.05) is 30.3 Å². The summed E-state index contributed by atoms with van der Waals surface area (Å²) >= 11 is 0. The molecule has 5 heteroatoms. The molecule has 2 N–H and O–H groups in total. The quantitative estimate of drug-likeness (QED) is 0.669. The van der Waals surface area contributed by atoms with Crippen molar-refractivity contribution in [3.63, 3.8) is 0 Å². The molecule has 1 atom stereocenters. The van der Waals surface area contributed by atoms with Gasteiger partial charge in [0.15, 0.2) is 5.96 Å². The lowest BCUT2D eigenvalue weighted by atomic mass is 10.1. The van der Waals surface area contributed by atoms with E-state index in [0.29, 0.717) is 12.3 Å². The number of hydrogen-bond acceptors (Lipinski definition) is 3. The molecule has 0 fully saturated rings. The molecule has 1 unspecified atom stereocenters. The van der Waals surface area contributed by atoms with Gasteiger partial charge >= 0.3 is 0 Å². The van der Waals surface area contributed by atoms with Crippen molar-refractivity contribution in [2.75, 3.05) is 32.1 Å². The summed E-state index contributed by atoms with van der Waals surface area (Å²) in [5.41, 5.74) is 3.27. The van der Waals surface area contributed by atoms with Gasteiger partial charge in [-0.2, -0.15) is 0 Å². The monoisotopic (exact) mass is 325 g/mol. The Hall–Kier alpha value is -2.53. The van der Waals surface area contributed by atoms with E-state index in [-0.39, 0.29) is 0 Å². The number of nitrogens with zero attached hydrogens (tertiary/aromatic N) is 2. The number of aliphatic imine (C=N–C) groups is 1. The fourth-order valence-corrected chi connectivity index (χ4v) is 3.09. The number of aliphatic hydroxyl groups excluding tert-OH is 1. The van der Waals surface area contributed by atoms with Gasteiger partial charge in [0, 0.05) is 31.4 Å². The van der Waals surface area contributed by atoms with Crippen molar-refractivity contribution in [2.45, 2.75) is 12.5 Å². The second kappa shape index (κ2) is 7.36. The number of hydrogen-bond donors (Lipinski definition) is 2. The molecular weight excluding hydrogens is 302 g/mol. The summed E-state index contributed by atoms with van der Waals surface area (Å²) in [4.78, 5) is 6.52. The van der Waals surface area contributed by atoms with Crippen molar-refractivity contribution in [1.82, 2.24) is 5.32 Å². The highest BCUT2D eigenvalue weighted by Gasteiger charge is 2.23. The van der Waals surface area contributed by atoms with Gasteiger partial charge in [-0.15, -0.1) is 0 Å². The molecule has 5 nitrogen and oxygen atoms in total. The molecule has 3 rings (SSSR count). The lowest BCUT2D eigenvalue weighted by Crippen LogP contribution is -2.42. The summed E-state index contributed by atoms with van der Waals surface area (Å²) in [6.07, 6.45) is 0.335. The van der Waals surface area contributed by atoms with E-state index >= 15 is 0 Å². The van der Waals surface area contributed by atoms with Crippen LogP contribution in [0.1, 0.15) is 17.2 Å². The number of methoxy groups -OCH3 is 1. The van der Waals surface area contributed by atoms with E-state index in [4.69, 9.17) is 4.74 Å². The molecule has 0 spiro atoms. The van der Waals surface area contributed by atoms with Crippen LogP contribution < -0.4 is 15.0 Å². The highest BCUT2D eigenvalue weighted by molar-refractivity contribution is 5.97. The average molecular weight is 325 g/mol. The van der Waals surface area contributed by atoms with E-state index in [2.05, 4.69) is 33.4 Å². The Labute approximate surface area is 142 Å². The van der Waals surface area contributed by atoms with Gasteiger partial charge in [0.1, 0.15) is 5.75 Å². The topological polar surface area (TPSA) is 57.1 Å². The Morgan fingerprint density at radius 1 is 1.25 bits per heavy atom. The maximum Gasteiger partial charge on any atom is 0.198 e. The third-order valence-electron chi connectivity index (χ3n) is 4.31. The predicted molar refractivity (Wildman–Crippen MR) is 96.8 cm³/mol. The number of rotatable bonds is 4. The number of ether oxygens (including phenoxy) is 1. The van der Waals surface area contributed by atoms with Crippen LogP contribution >= 0.6 is 0 Å². The van der Waals surface area contributed by atoms with Gasteiger partial charge in [-0.05, 0) is 24.1 Å². The lowest BCUT2D eigenvalue weighted by Gasteiger charge is -2.24. The van der Waals surface area contributed by atoms with Crippen LogP contribution in [0.5, 0.6) is 5.75 Å². The number of nitrogens with one attached hydrogen (secondary N) is 1. The zero-order valence-corrected chi connectivity index (χ0v) is 14.1. The minimum Gasteiger partial charge on any atom is -0.496 e. The second-order valence-corrected chi connectivity index (χ2v) is 5.72. The highest BCUT2D eigenvalue weighted by atomic mass is 16.5. The van der Waals surface area contributed by atoms with E-state index in [1.54, 1.807) is 14.2 Å². The van der Waals surface area contributed by atoms with Gasteiger partial charge < -0.3 is 20.1 Å². The molecule has 2 aromatic carbocycles. The Bertz CT molecular complexity index is 730. The molecule has 1 aliphatic heterocycles. The summed E-state index contributed by atoms with van der Waals surface area (Å²) in [6, 6.07) is 15.9. The van der Waals surface area contributed by atoms with Crippen LogP contribution in [-0.2, 0) is 6.42 Å². The Kier molecular flexibility index (Phi) is 5.01. The summed E-state index contributed by atoms with van der Waals surface area (Å²) in [5.74, 6) is 1.46. The van der Waals surface area contributed by atoms with Crippen LogP contribution in [0.4, 0.5) is 5.69 Å². The number of anilines is 1. The van der Waals surface area contributed by atoms with Crippen LogP contribution in [0.3, 0.4) is 0 Å². The Morgan fingerprint density at radius 2 is 2.00 bits per heavy atom. The van der Waals surface area contributed by atoms with Gasteiger partial charge in [-0.25, -0.2) is 0 Å². The SMILES string of the molecule is CN=C(NCC(O)c1ccccc1OC)N1CCc2ccccc21. The fraction of sp³-hybridized carbons (Fsp3) is 0.316. The number of guanidine groups is 1. The van der Waals surface area contributed by atoms with Crippen LogP contribution in [0.2, 0.25) is 0 Å². The van der Waals surface area contributed by atoms with E-state index < -0.39 is 6.10 Å². The first-order valence-corrected chi connectivity index (χ1v) is 8.11. The maximum atomic E-state index is 10.5. The van der Waals surface area contributed by atoms with Gasteiger partial charge in [-0.1, -0.05) is 36.4 Å². The molecule has 126 valence electrons. The van der Waals surface area contributed by atoms with Gasteiger partial charge in [-0.3, -0.25) is 4.99 Å². The molecule has 2 aromatic rings. The molecule has 24 heavy (non-hydrogen) atoms. The summed E-state index contributed by atoms with van der Waals surface area (Å²) in [5, 5.41) is 13.8. The average Bonchev–Trinajstić information content (AvgIpc) is 3.06. The first-order chi connectivity index (χ1) is 11.7. The van der Waals surface area contributed by atoms with Crippen molar-refractivity contribution in [3.8, 4) is 5.75 Å². The molecule has 0 amide bonds. The van der Waals surface area contributed by atoms with Crippen molar-refractivity contribution in [1.29, 1.82) is 0 Å². The molecule has 0 bridgehead atoms. The first kappa shape index (κ1) is 16.3. The summed E-state index contributed by atoms with van der Waals surface area (Å²) in [7, 11) is 3.37. The molecular formula is C19H23N3O2. The van der Waals surface area contributed by atoms with Crippen LogP contribution in [0, 0.1) is 0 Å². The first-order valence-electron chi connectivity index (χ1n) is 8.11. The van der Waals surface area contributed by atoms with E-state index in [1.165, 1.54) is 11.3 Å². The van der Waals surface area contributed by atoms with Crippen molar-refractivity contribution in [2.24, 2.45) is 4.99 Å². The molecule has 0 aromatic heterocycles. The number of aliphatic hydroxyl groups is 1. The fourth-order valence-electron chi connectivity index (χ4n) is 3.09. The van der Waals surface area contributed by atoms with E-state index in [0.717, 1.165) is 24.5 Å². The van der Waals surface area contributed by atoms with Gasteiger partial charge in [0.25, 0.3) is 0 Å². The van der Waals surface area contributed by atoms with Crippen molar-refractivity contribution in [3.05, 3.63) is 59.7 Å². The Balaban J connectivity index is 1.69. The van der Waals surface area contributed by atoms with Crippen molar-refractivity contribution >= 4 is 11.6 Å². The van der Waals surface area contributed by atoms with Gasteiger partial charge in [0.2, 0.25) is 0 Å². The van der Waals surface area contributed by atoms with Crippen LogP contribution in [0.25, 0.3) is 0 Å². The summed E-state index contributed by atoms with van der Waals surface area (Å²) in [6.45, 7) is 1.26. The zero-order valence-electron chi connectivity index (χ0n) is 14.1. The van der Waals surface area contributed by atoms with E-state index in [9.17, 15) is 5.11 Å². The predicted octanol–water partition coefficient (Wildman–Crippen LogP) is 2.37. The lowest BCUT2D eigenvalue weighted by molar-refractivity contribution is 0.176. The van der Waals surface area contributed by atoms with Gasteiger partial charge in [0.05, 0.1) is 13.2 Å². The number of fused-ring (bicyclic) bond motifs is 1. The maximum absolute atomic E-state index is 10.5. The number of para-hydroxylation sites is 2. The second-order valence-electron chi connectivity index (χ2n) is 5.72. The minimum atomic E-state index is -0.671. The molecule has 1 heterocycles. The standard InChI is InChI=1S/C19H23N3O2/c1-20-19(22-12-11-14-7-3-5-9-16(14)22)21-13-17(23)15-8-4-6-10-18(15)24-2/h3-10,17,23H,11-13H2,1-2H3,(H,20,21). The molecule has 0 radical (unpaired) electrons. The minimum absolute atomic E-state index is 0.367. The molecule has 0 aliphatic carbocycles. The summed E-state index contributed by atoms with van der Waals surface area (Å²) < 4.78 is 5.32. The number of benzene rings is 2. The molecule has 1 aliphatic rings. The third-order valence-corrected chi connectivity index (χ3v) is 4.31. The molecule has 0 saturated heterocycles. The Morgan fingerprint density at radius 3 is 2.79 bits per heavy atom. The highest BCUT2D eigenvalue weighted by Crippen LogP contribution is 2.28. The van der Waals surface area contributed by atoms with Crippen LogP contribution in [0.15, 0.2) is 53.5 Å². The zero-order chi connectivity index (χ0) is 16.9. The normalized spacial score (nSPS) is 15.1. The van der Waals surface area contributed by atoms with Crippen LogP contribution in [-0.4, -0.2) is 38.3 Å². The smallest absolute Gasteiger partial charge is 0.198 e.